The van der Waals surface area contributed by atoms with Crippen molar-refractivity contribution in [1.82, 2.24) is 0 Å². The summed E-state index contributed by atoms with van der Waals surface area (Å²) in [4.78, 5) is 0. The third kappa shape index (κ3) is 2.22. The van der Waals surface area contributed by atoms with E-state index in [1.165, 1.54) is 5.56 Å². The lowest BCUT2D eigenvalue weighted by Crippen LogP contribution is -2.32. The molecule has 1 aliphatic heterocycles. The van der Waals surface area contributed by atoms with E-state index in [9.17, 15) is 0 Å². The molecule has 2 unspecified atom stereocenters. The predicted molar refractivity (Wildman–Crippen MR) is 66.6 cm³/mol. The zero-order valence-corrected chi connectivity index (χ0v) is 10.2. The van der Waals surface area contributed by atoms with Crippen LogP contribution in [-0.2, 0) is 6.42 Å². The van der Waals surface area contributed by atoms with Gasteiger partial charge in [0.25, 0.3) is 0 Å². The van der Waals surface area contributed by atoms with Gasteiger partial charge in [0, 0.05) is 6.42 Å². The number of fused-ring (bicyclic) bond motifs is 1. The van der Waals surface area contributed by atoms with Crippen LogP contribution in [-0.4, -0.2) is 12.6 Å². The van der Waals surface area contributed by atoms with Crippen LogP contribution in [0, 0.1) is 5.41 Å². The zero-order valence-electron chi connectivity index (χ0n) is 10.2. The third-order valence-corrected chi connectivity index (χ3v) is 3.78. The molecule has 2 rings (SSSR count). The average molecular weight is 219 g/mol. The van der Waals surface area contributed by atoms with E-state index >= 15 is 0 Å². The number of ether oxygens (including phenoxy) is 1. The van der Waals surface area contributed by atoms with Crippen LogP contribution in [0.25, 0.3) is 0 Å². The summed E-state index contributed by atoms with van der Waals surface area (Å²) < 4.78 is 5.95. The van der Waals surface area contributed by atoms with Crippen LogP contribution < -0.4 is 10.5 Å². The Morgan fingerprint density at radius 3 is 2.81 bits per heavy atom. The second-order valence-electron chi connectivity index (χ2n) is 5.12. The van der Waals surface area contributed by atoms with E-state index in [4.69, 9.17) is 10.5 Å². The summed E-state index contributed by atoms with van der Waals surface area (Å²) >= 11 is 0. The lowest BCUT2D eigenvalue weighted by Gasteiger charge is -2.29. The minimum absolute atomic E-state index is 0.215. The average Bonchev–Trinajstić information content (AvgIpc) is 2.70. The van der Waals surface area contributed by atoms with Gasteiger partial charge in [0.05, 0.1) is 0 Å². The summed E-state index contributed by atoms with van der Waals surface area (Å²) in [7, 11) is 0. The Bertz CT molecular complexity index is 333. The molecule has 16 heavy (non-hydrogen) atoms. The molecule has 88 valence electrons. The molecule has 2 nitrogen and oxygen atoms in total. The molecule has 1 heterocycles. The fraction of sp³-hybridized carbons (Fsp3) is 0.571. The van der Waals surface area contributed by atoms with Crippen LogP contribution >= 0.6 is 0 Å². The van der Waals surface area contributed by atoms with E-state index in [2.05, 4.69) is 32.0 Å². The van der Waals surface area contributed by atoms with E-state index in [0.717, 1.165) is 31.6 Å². The maximum atomic E-state index is 5.95. The maximum absolute atomic E-state index is 5.95. The normalized spacial score (nSPS) is 22.3. The van der Waals surface area contributed by atoms with E-state index in [-0.39, 0.29) is 5.41 Å². The standard InChI is InChI=1S/C14H21NO/c1-3-14(2,10-15)9-12-8-11-6-4-5-7-13(11)16-12/h4-7,12H,3,8-10,15H2,1-2H3. The lowest BCUT2D eigenvalue weighted by molar-refractivity contribution is 0.146. The summed E-state index contributed by atoms with van der Waals surface area (Å²) in [5.74, 6) is 1.06. The molecule has 0 spiro atoms. The number of para-hydroxylation sites is 1. The van der Waals surface area contributed by atoms with Crippen molar-refractivity contribution in [3.05, 3.63) is 29.8 Å². The molecule has 1 aliphatic rings. The summed E-state index contributed by atoms with van der Waals surface area (Å²) in [5.41, 5.74) is 7.40. The molecular formula is C14H21NO. The molecule has 0 radical (unpaired) electrons. The number of hydrogen-bond donors (Lipinski definition) is 1. The Morgan fingerprint density at radius 1 is 1.44 bits per heavy atom. The van der Waals surface area contributed by atoms with Gasteiger partial charge in [0.2, 0.25) is 0 Å². The largest absolute Gasteiger partial charge is 0.490 e. The van der Waals surface area contributed by atoms with Crippen LogP contribution in [0.15, 0.2) is 24.3 Å². The molecule has 1 aromatic rings. The highest BCUT2D eigenvalue weighted by Crippen LogP contribution is 2.35. The lowest BCUT2D eigenvalue weighted by atomic mass is 9.81. The molecular weight excluding hydrogens is 198 g/mol. The van der Waals surface area contributed by atoms with Crippen molar-refractivity contribution in [2.45, 2.75) is 39.2 Å². The Labute approximate surface area is 97.8 Å². The van der Waals surface area contributed by atoms with Crippen LogP contribution in [0.4, 0.5) is 0 Å². The highest BCUT2D eigenvalue weighted by atomic mass is 16.5. The molecule has 0 saturated heterocycles. The molecule has 2 N–H and O–H groups in total. The zero-order chi connectivity index (χ0) is 11.6. The Morgan fingerprint density at radius 2 is 2.19 bits per heavy atom. The van der Waals surface area contributed by atoms with E-state index in [1.54, 1.807) is 0 Å². The minimum atomic E-state index is 0.215. The van der Waals surface area contributed by atoms with Gasteiger partial charge in [-0.2, -0.15) is 0 Å². The monoisotopic (exact) mass is 219 g/mol. The van der Waals surface area contributed by atoms with Gasteiger partial charge in [-0.1, -0.05) is 32.0 Å². The quantitative estimate of drug-likeness (QED) is 0.845. The van der Waals surface area contributed by atoms with Gasteiger partial charge in [-0.15, -0.1) is 0 Å². The van der Waals surface area contributed by atoms with E-state index < -0.39 is 0 Å². The van der Waals surface area contributed by atoms with Crippen LogP contribution in [0.3, 0.4) is 0 Å². The van der Waals surface area contributed by atoms with Crippen molar-refractivity contribution in [2.75, 3.05) is 6.54 Å². The molecule has 0 fully saturated rings. The first-order chi connectivity index (χ1) is 7.67. The summed E-state index contributed by atoms with van der Waals surface area (Å²) in [5, 5.41) is 0. The van der Waals surface area contributed by atoms with Crippen molar-refractivity contribution in [3.63, 3.8) is 0 Å². The van der Waals surface area contributed by atoms with Gasteiger partial charge in [-0.05, 0) is 36.4 Å². The van der Waals surface area contributed by atoms with Gasteiger partial charge >= 0.3 is 0 Å². The number of rotatable bonds is 4. The number of hydrogen-bond acceptors (Lipinski definition) is 2. The first-order valence-electron chi connectivity index (χ1n) is 6.11. The Hall–Kier alpha value is -1.02. The first kappa shape index (κ1) is 11.5. The molecule has 2 atom stereocenters. The molecule has 0 aromatic heterocycles. The fourth-order valence-electron chi connectivity index (χ4n) is 2.29. The van der Waals surface area contributed by atoms with Gasteiger partial charge in [0.15, 0.2) is 0 Å². The van der Waals surface area contributed by atoms with Gasteiger partial charge in [-0.3, -0.25) is 0 Å². The van der Waals surface area contributed by atoms with Gasteiger partial charge in [0.1, 0.15) is 11.9 Å². The van der Waals surface area contributed by atoms with Crippen molar-refractivity contribution in [2.24, 2.45) is 11.1 Å². The van der Waals surface area contributed by atoms with Crippen molar-refractivity contribution < 1.29 is 4.74 Å². The highest BCUT2D eigenvalue weighted by Gasteiger charge is 2.30. The summed E-state index contributed by atoms with van der Waals surface area (Å²) in [6.45, 7) is 5.19. The molecule has 2 heteroatoms. The Balaban J connectivity index is 2.02. The highest BCUT2D eigenvalue weighted by molar-refractivity contribution is 5.37. The van der Waals surface area contributed by atoms with Gasteiger partial charge in [-0.25, -0.2) is 0 Å². The molecule has 0 amide bonds. The molecule has 0 aliphatic carbocycles. The Kier molecular flexibility index (Phi) is 3.20. The van der Waals surface area contributed by atoms with Gasteiger partial charge < -0.3 is 10.5 Å². The summed E-state index contributed by atoms with van der Waals surface area (Å²) in [6, 6.07) is 8.32. The molecule has 1 aromatic carbocycles. The second kappa shape index (κ2) is 4.46. The van der Waals surface area contributed by atoms with Crippen LogP contribution in [0.1, 0.15) is 32.3 Å². The predicted octanol–water partition coefficient (Wildman–Crippen LogP) is 2.76. The first-order valence-corrected chi connectivity index (χ1v) is 6.11. The SMILES string of the molecule is CCC(C)(CN)CC1Cc2ccccc2O1. The minimum Gasteiger partial charge on any atom is -0.490 e. The molecule has 0 bridgehead atoms. The van der Waals surface area contributed by atoms with Crippen molar-refractivity contribution >= 4 is 0 Å². The smallest absolute Gasteiger partial charge is 0.123 e. The van der Waals surface area contributed by atoms with Crippen LogP contribution in [0.2, 0.25) is 0 Å². The van der Waals surface area contributed by atoms with Crippen molar-refractivity contribution in [1.29, 1.82) is 0 Å². The number of nitrogens with two attached hydrogens (primary N) is 1. The number of benzene rings is 1. The molecule has 0 saturated carbocycles. The van der Waals surface area contributed by atoms with Crippen molar-refractivity contribution in [3.8, 4) is 5.75 Å². The topological polar surface area (TPSA) is 35.2 Å². The second-order valence-corrected chi connectivity index (χ2v) is 5.12. The maximum Gasteiger partial charge on any atom is 0.123 e. The third-order valence-electron chi connectivity index (χ3n) is 3.78. The van der Waals surface area contributed by atoms with Crippen LogP contribution in [0.5, 0.6) is 5.75 Å². The van der Waals surface area contributed by atoms with E-state index in [1.807, 2.05) is 6.07 Å². The summed E-state index contributed by atoms with van der Waals surface area (Å²) in [6.07, 6.45) is 3.51. The fourth-order valence-corrected chi connectivity index (χ4v) is 2.29. The van der Waals surface area contributed by atoms with E-state index in [0.29, 0.717) is 6.10 Å².